The Balaban J connectivity index is 2.27. The Morgan fingerprint density at radius 1 is 1.45 bits per heavy atom. The molecule has 20 heavy (non-hydrogen) atoms. The highest BCUT2D eigenvalue weighted by molar-refractivity contribution is 6.31. The number of piperidine rings is 1. The Bertz CT molecular complexity index is 534. The number of nitrogens with zero attached hydrogens (tertiary/aromatic N) is 1. The Morgan fingerprint density at radius 3 is 2.90 bits per heavy atom. The van der Waals surface area contributed by atoms with E-state index in [0.29, 0.717) is 6.54 Å². The van der Waals surface area contributed by atoms with Crippen molar-refractivity contribution in [2.75, 3.05) is 6.54 Å². The molecule has 1 unspecified atom stereocenters. The fourth-order valence-corrected chi connectivity index (χ4v) is 2.66. The summed E-state index contributed by atoms with van der Waals surface area (Å²) >= 11 is 6.18. The number of nitrogens with two attached hydrogens (primary N) is 1. The predicted molar refractivity (Wildman–Crippen MR) is 86.2 cm³/mol. The smallest absolute Gasteiger partial charge is 0.0658 e. The van der Waals surface area contributed by atoms with E-state index in [1.165, 1.54) is 5.57 Å². The van der Waals surface area contributed by atoms with Gasteiger partial charge in [-0.05, 0) is 43.5 Å². The molecule has 1 fully saturated rings. The summed E-state index contributed by atoms with van der Waals surface area (Å²) in [7, 11) is 0. The van der Waals surface area contributed by atoms with Gasteiger partial charge in [-0.3, -0.25) is 4.99 Å². The number of rotatable bonds is 3. The molecule has 0 aliphatic carbocycles. The van der Waals surface area contributed by atoms with Crippen molar-refractivity contribution in [3.05, 3.63) is 46.1 Å². The summed E-state index contributed by atoms with van der Waals surface area (Å²) < 4.78 is 0. The van der Waals surface area contributed by atoms with E-state index in [0.717, 1.165) is 41.4 Å². The van der Waals surface area contributed by atoms with Crippen LogP contribution in [0.5, 0.6) is 0 Å². The predicted octanol–water partition coefficient (Wildman–Crippen LogP) is 3.29. The van der Waals surface area contributed by atoms with Crippen LogP contribution in [0.3, 0.4) is 0 Å². The van der Waals surface area contributed by atoms with Gasteiger partial charge >= 0.3 is 0 Å². The van der Waals surface area contributed by atoms with Gasteiger partial charge in [-0.15, -0.1) is 0 Å². The lowest BCUT2D eigenvalue weighted by Crippen LogP contribution is -2.42. The summed E-state index contributed by atoms with van der Waals surface area (Å²) in [5.74, 6) is 0. The van der Waals surface area contributed by atoms with E-state index in [2.05, 4.69) is 19.2 Å². The normalized spacial score (nSPS) is 23.9. The molecular weight excluding hydrogens is 270 g/mol. The van der Waals surface area contributed by atoms with E-state index >= 15 is 0 Å². The zero-order valence-electron chi connectivity index (χ0n) is 12.1. The van der Waals surface area contributed by atoms with Gasteiger partial charge < -0.3 is 11.1 Å². The number of hydrogen-bond donors (Lipinski definition) is 2. The van der Waals surface area contributed by atoms with Crippen molar-refractivity contribution in [2.24, 2.45) is 10.7 Å². The first-order valence-corrected chi connectivity index (χ1v) is 7.50. The number of halogens is 1. The molecule has 1 aliphatic rings. The molecule has 1 aliphatic heterocycles. The molecular formula is C16H22ClN3. The van der Waals surface area contributed by atoms with Gasteiger partial charge in [0, 0.05) is 16.8 Å². The van der Waals surface area contributed by atoms with Crippen LogP contribution in [-0.2, 0) is 6.54 Å². The average molecular weight is 292 g/mol. The zero-order valence-corrected chi connectivity index (χ0v) is 12.9. The topological polar surface area (TPSA) is 50.4 Å². The number of aliphatic imine (C=N–C) groups is 1. The quantitative estimate of drug-likeness (QED) is 0.898. The SMILES string of the molecule is CC/C(N)=C1\CCNC(C)C1=NCc1ccccc1Cl. The second kappa shape index (κ2) is 6.91. The van der Waals surface area contributed by atoms with Gasteiger partial charge in [0.1, 0.15) is 0 Å². The summed E-state index contributed by atoms with van der Waals surface area (Å²) in [4.78, 5) is 4.78. The third-order valence-corrected chi connectivity index (χ3v) is 4.06. The van der Waals surface area contributed by atoms with Gasteiger partial charge in [0.05, 0.1) is 12.3 Å². The van der Waals surface area contributed by atoms with Crippen LogP contribution < -0.4 is 11.1 Å². The van der Waals surface area contributed by atoms with Crippen LogP contribution >= 0.6 is 11.6 Å². The highest BCUT2D eigenvalue weighted by atomic mass is 35.5. The number of hydrogen-bond acceptors (Lipinski definition) is 3. The summed E-state index contributed by atoms with van der Waals surface area (Å²) in [6, 6.07) is 8.08. The van der Waals surface area contributed by atoms with Crippen molar-refractivity contribution in [3.8, 4) is 0 Å². The maximum absolute atomic E-state index is 6.18. The third-order valence-electron chi connectivity index (χ3n) is 3.69. The first-order valence-electron chi connectivity index (χ1n) is 7.12. The Labute approximate surface area is 125 Å². The molecule has 0 aromatic heterocycles. The highest BCUT2D eigenvalue weighted by Gasteiger charge is 2.21. The van der Waals surface area contributed by atoms with Gasteiger partial charge in [0.2, 0.25) is 0 Å². The largest absolute Gasteiger partial charge is 0.402 e. The van der Waals surface area contributed by atoms with Crippen molar-refractivity contribution in [1.29, 1.82) is 0 Å². The van der Waals surface area contributed by atoms with E-state index in [1.54, 1.807) is 0 Å². The van der Waals surface area contributed by atoms with Crippen LogP contribution in [0.2, 0.25) is 5.02 Å². The Hall–Kier alpha value is -1.32. The van der Waals surface area contributed by atoms with E-state index in [9.17, 15) is 0 Å². The molecule has 0 spiro atoms. The minimum Gasteiger partial charge on any atom is -0.402 e. The van der Waals surface area contributed by atoms with Crippen molar-refractivity contribution in [1.82, 2.24) is 5.32 Å². The van der Waals surface area contributed by atoms with Crippen LogP contribution in [0, 0.1) is 0 Å². The maximum atomic E-state index is 6.18. The van der Waals surface area contributed by atoms with Crippen LogP contribution in [0.1, 0.15) is 32.3 Å². The van der Waals surface area contributed by atoms with Crippen LogP contribution in [0.4, 0.5) is 0 Å². The number of benzene rings is 1. The Kier molecular flexibility index (Phi) is 5.21. The molecule has 108 valence electrons. The fourth-order valence-electron chi connectivity index (χ4n) is 2.47. The fraction of sp³-hybridized carbons (Fsp3) is 0.438. The molecule has 0 radical (unpaired) electrons. The molecule has 0 saturated carbocycles. The van der Waals surface area contributed by atoms with Crippen LogP contribution in [0.15, 0.2) is 40.5 Å². The second-order valence-corrected chi connectivity index (χ2v) is 5.48. The molecule has 3 nitrogen and oxygen atoms in total. The van der Waals surface area contributed by atoms with Crippen molar-refractivity contribution in [2.45, 2.75) is 39.3 Å². The molecule has 0 amide bonds. The molecule has 4 heteroatoms. The molecule has 1 aromatic rings. The summed E-state index contributed by atoms with van der Waals surface area (Å²) in [6.45, 7) is 5.78. The third kappa shape index (κ3) is 3.41. The number of allylic oxidation sites excluding steroid dienone is 1. The number of nitrogens with one attached hydrogen (secondary N) is 1. The summed E-state index contributed by atoms with van der Waals surface area (Å²) in [5.41, 5.74) is 10.4. The summed E-state index contributed by atoms with van der Waals surface area (Å²) in [5, 5.41) is 4.20. The average Bonchev–Trinajstić information content (AvgIpc) is 2.46. The van der Waals surface area contributed by atoms with E-state index in [4.69, 9.17) is 22.3 Å². The molecule has 0 bridgehead atoms. The van der Waals surface area contributed by atoms with Gasteiger partial charge in [-0.25, -0.2) is 0 Å². The highest BCUT2D eigenvalue weighted by Crippen LogP contribution is 2.20. The van der Waals surface area contributed by atoms with Crippen molar-refractivity contribution in [3.63, 3.8) is 0 Å². The van der Waals surface area contributed by atoms with E-state index in [1.807, 2.05) is 24.3 Å². The lowest BCUT2D eigenvalue weighted by Gasteiger charge is -2.26. The molecule has 1 atom stereocenters. The standard InChI is InChI=1S/C16H22ClN3/c1-3-15(18)13-8-9-19-11(2)16(13)20-10-12-6-4-5-7-14(12)17/h4-7,11,19H,3,8-10,18H2,1-2H3/b15-13-,20-16?. The van der Waals surface area contributed by atoms with Crippen LogP contribution in [-0.4, -0.2) is 18.3 Å². The van der Waals surface area contributed by atoms with Gasteiger partial charge in [-0.1, -0.05) is 36.7 Å². The minimum absolute atomic E-state index is 0.242. The molecule has 1 aromatic carbocycles. The van der Waals surface area contributed by atoms with Crippen molar-refractivity contribution >= 4 is 17.3 Å². The van der Waals surface area contributed by atoms with Gasteiger partial charge in [-0.2, -0.15) is 0 Å². The van der Waals surface area contributed by atoms with Crippen molar-refractivity contribution < 1.29 is 0 Å². The zero-order chi connectivity index (χ0) is 14.5. The molecule has 2 rings (SSSR count). The van der Waals surface area contributed by atoms with E-state index < -0.39 is 0 Å². The van der Waals surface area contributed by atoms with Gasteiger partial charge in [0.25, 0.3) is 0 Å². The minimum atomic E-state index is 0.242. The van der Waals surface area contributed by atoms with E-state index in [-0.39, 0.29) is 6.04 Å². The molecule has 3 N–H and O–H groups in total. The van der Waals surface area contributed by atoms with Crippen LogP contribution in [0.25, 0.3) is 0 Å². The monoisotopic (exact) mass is 291 g/mol. The first kappa shape index (κ1) is 15.1. The molecule has 1 saturated heterocycles. The lowest BCUT2D eigenvalue weighted by molar-refractivity contribution is 0.621. The second-order valence-electron chi connectivity index (χ2n) is 5.08. The van der Waals surface area contributed by atoms with Gasteiger partial charge in [0.15, 0.2) is 0 Å². The lowest BCUT2D eigenvalue weighted by atomic mass is 9.94. The first-order chi connectivity index (χ1) is 9.63. The Morgan fingerprint density at radius 2 is 2.20 bits per heavy atom. The molecule has 1 heterocycles. The summed E-state index contributed by atoms with van der Waals surface area (Å²) in [6.07, 6.45) is 1.82. The maximum Gasteiger partial charge on any atom is 0.0658 e.